The van der Waals surface area contributed by atoms with Gasteiger partial charge in [0, 0.05) is 17.5 Å². The number of methoxy groups -OCH3 is 1. The third-order valence-electron chi connectivity index (χ3n) is 2.75. The highest BCUT2D eigenvalue weighted by atomic mass is 16.5. The van der Waals surface area contributed by atoms with Crippen molar-refractivity contribution in [3.63, 3.8) is 0 Å². The zero-order valence-electron chi connectivity index (χ0n) is 10.6. The van der Waals surface area contributed by atoms with E-state index in [0.717, 1.165) is 11.3 Å². The zero-order valence-corrected chi connectivity index (χ0v) is 10.6. The Balaban J connectivity index is 2.84. The highest BCUT2D eigenvalue weighted by Gasteiger charge is 2.24. The summed E-state index contributed by atoms with van der Waals surface area (Å²) in [7, 11) is 1.65. The van der Waals surface area contributed by atoms with Crippen molar-refractivity contribution in [3.05, 3.63) is 29.8 Å². The largest absolute Gasteiger partial charge is 0.496 e. The van der Waals surface area contributed by atoms with Crippen LogP contribution < -0.4 is 15.8 Å². The van der Waals surface area contributed by atoms with Gasteiger partial charge in [0.05, 0.1) is 13.7 Å². The Hall–Kier alpha value is -1.55. The Morgan fingerprint density at radius 1 is 1.41 bits per heavy atom. The zero-order chi connectivity index (χ0) is 12.9. The Kier molecular flexibility index (Phi) is 4.52. The first-order valence-electron chi connectivity index (χ1n) is 5.61. The van der Waals surface area contributed by atoms with Crippen LogP contribution in [-0.4, -0.2) is 26.1 Å². The summed E-state index contributed by atoms with van der Waals surface area (Å²) in [6.07, 6.45) is 0. The minimum absolute atomic E-state index is 0.0159. The summed E-state index contributed by atoms with van der Waals surface area (Å²) in [5.74, 6) is 0.687. The molecule has 0 aromatic heterocycles. The van der Waals surface area contributed by atoms with Crippen LogP contribution in [0.25, 0.3) is 0 Å². The van der Waals surface area contributed by atoms with Gasteiger partial charge in [-0.1, -0.05) is 32.0 Å². The summed E-state index contributed by atoms with van der Waals surface area (Å²) in [5.41, 5.74) is 6.13. The molecule has 1 rings (SSSR count). The number of rotatable bonds is 5. The SMILES string of the molecule is COc1ccccc1C(C)(C)CNC(=O)CN. The van der Waals surface area contributed by atoms with E-state index >= 15 is 0 Å². The van der Waals surface area contributed by atoms with Crippen LogP contribution in [0.15, 0.2) is 24.3 Å². The Morgan fingerprint density at radius 3 is 2.65 bits per heavy atom. The Bertz CT molecular complexity index is 389. The smallest absolute Gasteiger partial charge is 0.233 e. The number of hydrogen-bond acceptors (Lipinski definition) is 3. The first kappa shape index (κ1) is 13.5. The van der Waals surface area contributed by atoms with Gasteiger partial charge in [-0.2, -0.15) is 0 Å². The lowest BCUT2D eigenvalue weighted by molar-refractivity contribution is -0.119. The number of para-hydroxylation sites is 1. The second kappa shape index (κ2) is 5.68. The van der Waals surface area contributed by atoms with Crippen LogP contribution in [0, 0.1) is 0 Å². The van der Waals surface area contributed by atoms with E-state index in [4.69, 9.17) is 10.5 Å². The van der Waals surface area contributed by atoms with E-state index in [-0.39, 0.29) is 17.9 Å². The fraction of sp³-hybridized carbons (Fsp3) is 0.462. The van der Waals surface area contributed by atoms with Crippen molar-refractivity contribution >= 4 is 5.91 Å². The van der Waals surface area contributed by atoms with E-state index in [1.807, 2.05) is 24.3 Å². The molecule has 0 atom stereocenters. The molecule has 1 amide bonds. The van der Waals surface area contributed by atoms with Crippen molar-refractivity contribution < 1.29 is 9.53 Å². The van der Waals surface area contributed by atoms with Crippen molar-refractivity contribution in [2.24, 2.45) is 5.73 Å². The molecule has 1 aromatic rings. The predicted molar refractivity (Wildman–Crippen MR) is 68.1 cm³/mol. The maximum atomic E-state index is 11.2. The third kappa shape index (κ3) is 3.46. The van der Waals surface area contributed by atoms with Crippen LogP contribution in [0.5, 0.6) is 5.75 Å². The molecule has 3 N–H and O–H groups in total. The molecule has 0 unspecified atom stereocenters. The van der Waals surface area contributed by atoms with Crippen LogP contribution >= 0.6 is 0 Å². The molecule has 0 saturated carbocycles. The van der Waals surface area contributed by atoms with Gasteiger partial charge in [0.25, 0.3) is 0 Å². The summed E-state index contributed by atoms with van der Waals surface area (Å²) >= 11 is 0. The number of benzene rings is 1. The molecular formula is C13H20N2O2. The van der Waals surface area contributed by atoms with Gasteiger partial charge in [0.2, 0.25) is 5.91 Å². The van der Waals surface area contributed by atoms with E-state index in [1.54, 1.807) is 7.11 Å². The van der Waals surface area contributed by atoms with Gasteiger partial charge in [-0.3, -0.25) is 4.79 Å². The number of ether oxygens (including phenoxy) is 1. The standard InChI is InChI=1S/C13H20N2O2/c1-13(2,9-15-12(16)8-14)10-6-4-5-7-11(10)17-3/h4-7H,8-9,14H2,1-3H3,(H,15,16). The Labute approximate surface area is 102 Å². The number of amides is 1. The number of carbonyl (C=O) groups excluding carboxylic acids is 1. The van der Waals surface area contributed by atoms with E-state index in [9.17, 15) is 4.79 Å². The van der Waals surface area contributed by atoms with Crippen LogP contribution in [-0.2, 0) is 10.2 Å². The third-order valence-corrected chi connectivity index (χ3v) is 2.75. The number of nitrogens with one attached hydrogen (secondary N) is 1. The molecule has 0 aliphatic heterocycles. The lowest BCUT2D eigenvalue weighted by atomic mass is 9.84. The van der Waals surface area contributed by atoms with E-state index in [0.29, 0.717) is 6.54 Å². The maximum Gasteiger partial charge on any atom is 0.233 e. The van der Waals surface area contributed by atoms with Gasteiger partial charge in [0.1, 0.15) is 5.75 Å². The van der Waals surface area contributed by atoms with Gasteiger partial charge in [-0.15, -0.1) is 0 Å². The van der Waals surface area contributed by atoms with Gasteiger partial charge >= 0.3 is 0 Å². The molecule has 4 heteroatoms. The van der Waals surface area contributed by atoms with Gasteiger partial charge < -0.3 is 15.8 Å². The molecule has 4 nitrogen and oxygen atoms in total. The molecule has 0 bridgehead atoms. The first-order chi connectivity index (χ1) is 8.01. The minimum Gasteiger partial charge on any atom is -0.496 e. The number of carbonyl (C=O) groups is 1. The molecule has 0 fully saturated rings. The number of hydrogen-bond donors (Lipinski definition) is 2. The van der Waals surface area contributed by atoms with Crippen LogP contribution in [0.4, 0.5) is 0 Å². The second-order valence-electron chi connectivity index (χ2n) is 4.57. The molecule has 0 spiro atoms. The molecule has 17 heavy (non-hydrogen) atoms. The molecule has 1 aromatic carbocycles. The second-order valence-corrected chi connectivity index (χ2v) is 4.57. The van der Waals surface area contributed by atoms with Crippen molar-refractivity contribution in [2.45, 2.75) is 19.3 Å². The quantitative estimate of drug-likeness (QED) is 0.803. The highest BCUT2D eigenvalue weighted by molar-refractivity contribution is 5.77. The number of nitrogens with two attached hydrogens (primary N) is 1. The molecular weight excluding hydrogens is 216 g/mol. The van der Waals surface area contributed by atoms with E-state index < -0.39 is 0 Å². The summed E-state index contributed by atoms with van der Waals surface area (Å²) in [5, 5.41) is 2.80. The molecule has 0 radical (unpaired) electrons. The predicted octanol–water partition coefficient (Wildman–Crippen LogP) is 1.05. The van der Waals surface area contributed by atoms with Crippen LogP contribution in [0.2, 0.25) is 0 Å². The lowest BCUT2D eigenvalue weighted by Crippen LogP contribution is -2.39. The lowest BCUT2D eigenvalue weighted by Gasteiger charge is -2.27. The average molecular weight is 236 g/mol. The summed E-state index contributed by atoms with van der Waals surface area (Å²) in [4.78, 5) is 11.2. The minimum atomic E-state index is -0.197. The fourth-order valence-electron chi connectivity index (χ4n) is 1.69. The van der Waals surface area contributed by atoms with Crippen molar-refractivity contribution in [2.75, 3.05) is 20.2 Å². The van der Waals surface area contributed by atoms with Gasteiger partial charge in [-0.05, 0) is 6.07 Å². The van der Waals surface area contributed by atoms with Crippen LogP contribution in [0.1, 0.15) is 19.4 Å². The van der Waals surface area contributed by atoms with E-state index in [2.05, 4.69) is 19.2 Å². The van der Waals surface area contributed by atoms with Crippen molar-refractivity contribution in [1.82, 2.24) is 5.32 Å². The van der Waals surface area contributed by atoms with Crippen molar-refractivity contribution in [1.29, 1.82) is 0 Å². The van der Waals surface area contributed by atoms with Crippen molar-refractivity contribution in [3.8, 4) is 5.75 Å². The summed E-state index contributed by atoms with van der Waals surface area (Å²) < 4.78 is 5.33. The molecule has 0 heterocycles. The monoisotopic (exact) mass is 236 g/mol. The molecule has 0 aliphatic carbocycles. The maximum absolute atomic E-state index is 11.2. The molecule has 94 valence electrons. The van der Waals surface area contributed by atoms with Gasteiger partial charge in [-0.25, -0.2) is 0 Å². The Morgan fingerprint density at radius 2 is 2.06 bits per heavy atom. The average Bonchev–Trinajstić information content (AvgIpc) is 2.35. The topological polar surface area (TPSA) is 64.3 Å². The van der Waals surface area contributed by atoms with Crippen LogP contribution in [0.3, 0.4) is 0 Å². The fourth-order valence-corrected chi connectivity index (χ4v) is 1.69. The highest BCUT2D eigenvalue weighted by Crippen LogP contribution is 2.30. The summed E-state index contributed by atoms with van der Waals surface area (Å²) in [6.45, 7) is 4.66. The summed E-state index contributed by atoms with van der Waals surface area (Å²) in [6, 6.07) is 7.82. The normalized spacial score (nSPS) is 11.1. The first-order valence-corrected chi connectivity index (χ1v) is 5.61. The molecule has 0 aliphatic rings. The van der Waals surface area contributed by atoms with E-state index in [1.165, 1.54) is 0 Å². The molecule has 0 saturated heterocycles. The van der Waals surface area contributed by atoms with Gasteiger partial charge in [0.15, 0.2) is 0 Å².